The van der Waals surface area contributed by atoms with Crippen molar-refractivity contribution in [2.45, 2.75) is 51.2 Å². The summed E-state index contributed by atoms with van der Waals surface area (Å²) in [5, 5.41) is 11.0. The molecule has 5 N–H and O–H groups in total. The largest absolute Gasteiger partial charge is 0.344 e. The van der Waals surface area contributed by atoms with Gasteiger partial charge in [-0.15, -0.1) is 11.3 Å². The van der Waals surface area contributed by atoms with E-state index in [0.717, 1.165) is 32.9 Å². The van der Waals surface area contributed by atoms with Gasteiger partial charge in [-0.1, -0.05) is 42.5 Å². The van der Waals surface area contributed by atoms with E-state index in [1.54, 1.807) is 25.8 Å². The van der Waals surface area contributed by atoms with Crippen LogP contribution in [0.4, 0.5) is 15.5 Å². The molecule has 0 fully saturated rings. The summed E-state index contributed by atoms with van der Waals surface area (Å²) >= 11 is 1.46. The lowest BCUT2D eigenvalue weighted by Crippen LogP contribution is -2.49. The van der Waals surface area contributed by atoms with E-state index in [-0.39, 0.29) is 24.3 Å². The van der Waals surface area contributed by atoms with Crippen molar-refractivity contribution in [2.24, 2.45) is 5.73 Å². The minimum Gasteiger partial charge on any atom is -0.344 e. The molecule has 1 aliphatic heterocycles. The Labute approximate surface area is 221 Å². The topological polar surface area (TPSA) is 117 Å². The van der Waals surface area contributed by atoms with Crippen LogP contribution < -0.4 is 26.6 Å². The van der Waals surface area contributed by atoms with Gasteiger partial charge in [0.15, 0.2) is 0 Å². The molecule has 1 aromatic heterocycles. The van der Waals surface area contributed by atoms with E-state index in [1.165, 1.54) is 11.3 Å². The van der Waals surface area contributed by atoms with Crippen LogP contribution in [0.15, 0.2) is 60.0 Å². The second-order valence-corrected chi connectivity index (χ2v) is 10.9. The molecule has 9 heteroatoms. The molecule has 0 radical (unpaired) electrons. The van der Waals surface area contributed by atoms with Gasteiger partial charge in [-0.2, -0.15) is 0 Å². The fourth-order valence-corrected chi connectivity index (χ4v) is 5.25. The minimum atomic E-state index is -0.652. The van der Waals surface area contributed by atoms with Crippen molar-refractivity contribution in [2.75, 3.05) is 17.3 Å². The smallest absolute Gasteiger partial charge is 0.319 e. The first-order valence-corrected chi connectivity index (χ1v) is 13.2. The fraction of sp³-hybridized carbons (Fsp3) is 0.321. The van der Waals surface area contributed by atoms with Gasteiger partial charge in [0, 0.05) is 30.3 Å². The van der Waals surface area contributed by atoms with E-state index in [2.05, 4.69) is 16.0 Å². The van der Waals surface area contributed by atoms with Crippen LogP contribution in [0.1, 0.15) is 37.8 Å². The van der Waals surface area contributed by atoms with Gasteiger partial charge in [0.05, 0.1) is 6.54 Å². The van der Waals surface area contributed by atoms with Gasteiger partial charge in [-0.25, -0.2) is 4.79 Å². The van der Waals surface area contributed by atoms with E-state index in [4.69, 9.17) is 5.73 Å². The van der Waals surface area contributed by atoms with Crippen molar-refractivity contribution in [3.8, 4) is 11.1 Å². The number of hydrogen-bond donors (Lipinski definition) is 4. The molecule has 3 aromatic rings. The molecule has 0 bridgehead atoms. The summed E-state index contributed by atoms with van der Waals surface area (Å²) < 4.78 is 0. The number of carbonyl (C=O) groups excluding carboxylic acids is 3. The Hall–Kier alpha value is -3.69. The quantitative estimate of drug-likeness (QED) is 0.373. The van der Waals surface area contributed by atoms with Gasteiger partial charge < -0.3 is 21.3 Å². The molecule has 194 valence electrons. The fourth-order valence-electron chi connectivity index (χ4n) is 4.44. The molecule has 0 spiro atoms. The molecule has 2 aromatic carbocycles. The number of amides is 4. The third-order valence-electron chi connectivity index (χ3n) is 6.23. The SMILES string of the molecule is CNC(=O)Nc1sccc1-c1ccc(CN2C(=O)[C@H](NC(=O)CC(C)(C)N)CCc3ccccc32)cc1. The van der Waals surface area contributed by atoms with Crippen molar-refractivity contribution < 1.29 is 14.4 Å². The minimum absolute atomic E-state index is 0.132. The van der Waals surface area contributed by atoms with Crippen LogP contribution in [0.5, 0.6) is 0 Å². The van der Waals surface area contributed by atoms with Crippen LogP contribution in [0.25, 0.3) is 11.1 Å². The molecule has 1 atom stereocenters. The Bertz CT molecular complexity index is 1280. The number of nitrogens with one attached hydrogen (secondary N) is 3. The first-order chi connectivity index (χ1) is 17.6. The summed E-state index contributed by atoms with van der Waals surface area (Å²) in [5.74, 6) is -0.356. The molecular weight excluding hydrogens is 486 g/mol. The van der Waals surface area contributed by atoms with E-state index in [9.17, 15) is 14.4 Å². The van der Waals surface area contributed by atoms with Crippen molar-refractivity contribution in [1.29, 1.82) is 0 Å². The van der Waals surface area contributed by atoms with Gasteiger partial charge in [0.2, 0.25) is 11.8 Å². The average molecular weight is 520 g/mol. The summed E-state index contributed by atoms with van der Waals surface area (Å²) in [6, 6.07) is 16.9. The molecule has 4 rings (SSSR count). The first-order valence-electron chi connectivity index (χ1n) is 12.3. The molecule has 0 saturated carbocycles. The second kappa shape index (κ2) is 11.1. The Morgan fingerprint density at radius 2 is 1.84 bits per heavy atom. The van der Waals surface area contributed by atoms with Gasteiger partial charge >= 0.3 is 6.03 Å². The highest BCUT2D eigenvalue weighted by Gasteiger charge is 2.32. The number of anilines is 2. The van der Waals surface area contributed by atoms with Crippen LogP contribution in [0.3, 0.4) is 0 Å². The maximum Gasteiger partial charge on any atom is 0.319 e. The molecule has 0 unspecified atom stereocenters. The van der Waals surface area contributed by atoms with Crippen molar-refractivity contribution >= 4 is 39.9 Å². The van der Waals surface area contributed by atoms with Crippen molar-refractivity contribution in [3.63, 3.8) is 0 Å². The molecule has 4 amide bonds. The maximum atomic E-state index is 13.7. The number of nitrogens with zero attached hydrogens (tertiary/aromatic N) is 1. The van der Waals surface area contributed by atoms with Crippen LogP contribution >= 0.6 is 11.3 Å². The molecule has 0 saturated heterocycles. The Kier molecular flexibility index (Phi) is 7.94. The number of nitrogens with two attached hydrogens (primary N) is 1. The number of aryl methyl sites for hydroxylation is 1. The third-order valence-corrected chi connectivity index (χ3v) is 7.06. The standard InChI is InChI=1S/C28H33N5O3S/c1-28(2,29)16-24(34)31-22-13-12-20-6-4-5-7-23(20)33(26(22)35)17-18-8-10-19(11-9-18)21-14-15-37-25(21)32-27(36)30-3/h4-11,14-15,22H,12-13,16-17,29H2,1-3H3,(H,31,34)(H2,30,32,36)/t22-/m1/s1. The molecule has 37 heavy (non-hydrogen) atoms. The number of para-hydroxylation sites is 1. The lowest BCUT2D eigenvalue weighted by atomic mass is 10.0. The highest BCUT2D eigenvalue weighted by molar-refractivity contribution is 7.15. The number of urea groups is 1. The van der Waals surface area contributed by atoms with E-state index >= 15 is 0 Å². The zero-order valence-corrected chi connectivity index (χ0v) is 22.2. The van der Waals surface area contributed by atoms with Crippen LogP contribution in [0.2, 0.25) is 0 Å². The predicted molar refractivity (Wildman–Crippen MR) is 149 cm³/mol. The van der Waals surface area contributed by atoms with Gasteiger partial charge in [0.1, 0.15) is 11.0 Å². The lowest BCUT2D eigenvalue weighted by molar-refractivity contribution is -0.128. The van der Waals surface area contributed by atoms with Crippen molar-refractivity contribution in [3.05, 3.63) is 71.1 Å². The molecular formula is C28H33N5O3S. The Morgan fingerprint density at radius 3 is 2.54 bits per heavy atom. The monoisotopic (exact) mass is 519 g/mol. The summed E-state index contributed by atoms with van der Waals surface area (Å²) in [4.78, 5) is 39.8. The highest BCUT2D eigenvalue weighted by atomic mass is 32.1. The van der Waals surface area contributed by atoms with E-state index < -0.39 is 11.6 Å². The van der Waals surface area contributed by atoms with E-state index in [1.807, 2.05) is 60.0 Å². The second-order valence-electron chi connectivity index (χ2n) is 9.94. The van der Waals surface area contributed by atoms with Gasteiger partial charge in [-0.05, 0) is 60.9 Å². The first kappa shape index (κ1) is 26.4. The van der Waals surface area contributed by atoms with Crippen LogP contribution in [0, 0.1) is 0 Å². The molecule has 0 aliphatic carbocycles. The van der Waals surface area contributed by atoms with Crippen molar-refractivity contribution in [1.82, 2.24) is 10.6 Å². The van der Waals surface area contributed by atoms with Crippen LogP contribution in [-0.2, 0) is 22.6 Å². The average Bonchev–Trinajstić information content (AvgIpc) is 3.27. The summed E-state index contributed by atoms with van der Waals surface area (Å²) in [7, 11) is 1.58. The molecule has 2 heterocycles. The van der Waals surface area contributed by atoms with Crippen LogP contribution in [-0.4, -0.2) is 36.5 Å². The number of hydrogen-bond acceptors (Lipinski definition) is 5. The zero-order chi connectivity index (χ0) is 26.6. The molecule has 1 aliphatic rings. The van der Waals surface area contributed by atoms with Gasteiger partial charge in [-0.3, -0.25) is 14.9 Å². The molecule has 8 nitrogen and oxygen atoms in total. The van der Waals surface area contributed by atoms with Gasteiger partial charge in [0.25, 0.3) is 0 Å². The summed E-state index contributed by atoms with van der Waals surface area (Å²) in [6.45, 7) is 3.96. The number of benzene rings is 2. The Balaban J connectivity index is 1.56. The third kappa shape index (κ3) is 6.55. The predicted octanol–water partition coefficient (Wildman–Crippen LogP) is 4.26. The summed E-state index contributed by atoms with van der Waals surface area (Å²) in [5.41, 5.74) is 10.2. The number of rotatable bonds is 7. The maximum absolute atomic E-state index is 13.7. The summed E-state index contributed by atoms with van der Waals surface area (Å²) in [6.07, 6.45) is 1.36. The van der Waals surface area contributed by atoms with E-state index in [0.29, 0.717) is 19.4 Å². The lowest BCUT2D eigenvalue weighted by Gasteiger charge is -2.27. The highest BCUT2D eigenvalue weighted by Crippen LogP contribution is 2.34. The normalized spacial score (nSPS) is 15.5. The Morgan fingerprint density at radius 1 is 1.11 bits per heavy atom. The number of carbonyl (C=O) groups is 3. The number of thiophene rings is 1. The zero-order valence-electron chi connectivity index (χ0n) is 21.3. The number of fused-ring (bicyclic) bond motifs is 1.